The number of hydrogen-bond acceptors (Lipinski definition) is 3. The Labute approximate surface area is 114 Å². The summed E-state index contributed by atoms with van der Waals surface area (Å²) in [5.41, 5.74) is 6.38. The number of imidazole rings is 1. The van der Waals surface area contributed by atoms with E-state index in [1.54, 1.807) is 0 Å². The second kappa shape index (κ2) is 6.27. The monoisotopic (exact) mass is 259 g/mol. The highest BCUT2D eigenvalue weighted by molar-refractivity contribution is 5.41. The Morgan fingerprint density at radius 2 is 2.00 bits per heavy atom. The summed E-state index contributed by atoms with van der Waals surface area (Å²) in [6, 6.07) is 7.49. The zero-order valence-corrected chi connectivity index (χ0v) is 11.5. The van der Waals surface area contributed by atoms with Crippen molar-refractivity contribution in [3.05, 3.63) is 42.5 Å². The van der Waals surface area contributed by atoms with Crippen molar-refractivity contribution in [1.82, 2.24) is 9.55 Å². The van der Waals surface area contributed by atoms with E-state index in [0.717, 1.165) is 30.2 Å². The quantitative estimate of drug-likeness (QED) is 0.640. The van der Waals surface area contributed by atoms with Crippen LogP contribution >= 0.6 is 0 Å². The Bertz CT molecular complexity index is 502. The van der Waals surface area contributed by atoms with Crippen molar-refractivity contribution >= 4 is 5.69 Å². The number of nitrogens with two attached hydrogens (primary N) is 1. The molecular formula is C15H21N3O. The molecule has 0 atom stereocenters. The zero-order valence-electron chi connectivity index (χ0n) is 11.5. The van der Waals surface area contributed by atoms with Crippen LogP contribution in [0.3, 0.4) is 0 Å². The number of nitrogen functional groups attached to an aromatic ring is 1. The minimum absolute atomic E-state index is 0.452. The number of anilines is 1. The lowest BCUT2D eigenvalue weighted by Crippen LogP contribution is -2.08. The van der Waals surface area contributed by atoms with Gasteiger partial charge in [-0.3, -0.25) is 0 Å². The third-order valence-corrected chi connectivity index (χ3v) is 2.96. The van der Waals surface area contributed by atoms with Crippen LogP contribution in [0.4, 0.5) is 5.69 Å². The molecule has 0 radical (unpaired) electrons. The van der Waals surface area contributed by atoms with Gasteiger partial charge in [-0.15, -0.1) is 0 Å². The van der Waals surface area contributed by atoms with E-state index >= 15 is 0 Å². The number of nitrogens with zero attached hydrogens (tertiary/aromatic N) is 2. The molecule has 2 aromatic rings. The Hall–Kier alpha value is -1.97. The van der Waals surface area contributed by atoms with Crippen molar-refractivity contribution < 1.29 is 4.74 Å². The molecule has 0 spiro atoms. The van der Waals surface area contributed by atoms with Gasteiger partial charge in [0, 0.05) is 30.5 Å². The van der Waals surface area contributed by atoms with E-state index in [0.29, 0.717) is 12.5 Å². The van der Waals surface area contributed by atoms with Crippen molar-refractivity contribution in [3.63, 3.8) is 0 Å². The van der Waals surface area contributed by atoms with Crippen molar-refractivity contribution in [2.24, 2.45) is 0 Å². The highest BCUT2D eigenvalue weighted by atomic mass is 16.5. The molecule has 1 aromatic heterocycles. The number of hydrogen-bond donors (Lipinski definition) is 1. The predicted octanol–water partition coefficient (Wildman–Crippen LogP) is 3.06. The Balaban J connectivity index is 1.77. The lowest BCUT2D eigenvalue weighted by molar-refractivity contribution is 0.300. The average molecular weight is 259 g/mol. The topological polar surface area (TPSA) is 53.1 Å². The normalized spacial score (nSPS) is 10.9. The van der Waals surface area contributed by atoms with Gasteiger partial charge in [0.1, 0.15) is 11.6 Å². The van der Waals surface area contributed by atoms with Crippen LogP contribution < -0.4 is 10.5 Å². The fraction of sp³-hybridized carbons (Fsp3) is 0.400. The molecule has 19 heavy (non-hydrogen) atoms. The summed E-state index contributed by atoms with van der Waals surface area (Å²) < 4.78 is 7.86. The van der Waals surface area contributed by atoms with Gasteiger partial charge in [-0.05, 0) is 30.7 Å². The van der Waals surface area contributed by atoms with Gasteiger partial charge in [-0.1, -0.05) is 13.8 Å². The SMILES string of the molecule is CC(C)c1nccn1CCCOc1ccc(N)cc1. The van der Waals surface area contributed by atoms with Crippen LogP contribution in [-0.4, -0.2) is 16.2 Å². The predicted molar refractivity (Wildman–Crippen MR) is 77.3 cm³/mol. The number of rotatable bonds is 6. The van der Waals surface area contributed by atoms with Crippen LogP contribution in [0.15, 0.2) is 36.7 Å². The van der Waals surface area contributed by atoms with Gasteiger partial charge in [0.25, 0.3) is 0 Å². The van der Waals surface area contributed by atoms with Crippen LogP contribution in [0.5, 0.6) is 5.75 Å². The molecule has 0 aliphatic heterocycles. The van der Waals surface area contributed by atoms with Crippen molar-refractivity contribution in [3.8, 4) is 5.75 Å². The second-order valence-electron chi connectivity index (χ2n) is 4.90. The highest BCUT2D eigenvalue weighted by Gasteiger charge is 2.06. The number of ether oxygens (including phenoxy) is 1. The van der Waals surface area contributed by atoms with E-state index in [1.807, 2.05) is 36.7 Å². The van der Waals surface area contributed by atoms with Gasteiger partial charge < -0.3 is 15.0 Å². The summed E-state index contributed by atoms with van der Waals surface area (Å²) >= 11 is 0. The summed E-state index contributed by atoms with van der Waals surface area (Å²) in [5, 5.41) is 0. The maximum absolute atomic E-state index is 5.67. The van der Waals surface area contributed by atoms with Crippen molar-refractivity contribution in [1.29, 1.82) is 0 Å². The van der Waals surface area contributed by atoms with E-state index in [4.69, 9.17) is 10.5 Å². The second-order valence-corrected chi connectivity index (χ2v) is 4.90. The van der Waals surface area contributed by atoms with Crippen LogP contribution in [0.1, 0.15) is 32.0 Å². The lowest BCUT2D eigenvalue weighted by Gasteiger charge is -2.11. The summed E-state index contributed by atoms with van der Waals surface area (Å²) in [4.78, 5) is 4.37. The van der Waals surface area contributed by atoms with Crippen LogP contribution in [-0.2, 0) is 6.54 Å². The van der Waals surface area contributed by atoms with E-state index in [-0.39, 0.29) is 0 Å². The van der Waals surface area contributed by atoms with E-state index < -0.39 is 0 Å². The number of aromatic nitrogens is 2. The molecule has 2 rings (SSSR count). The lowest BCUT2D eigenvalue weighted by atomic mass is 10.2. The maximum atomic E-state index is 5.67. The van der Waals surface area contributed by atoms with Gasteiger partial charge in [0.2, 0.25) is 0 Å². The fourth-order valence-corrected chi connectivity index (χ4v) is 2.00. The third-order valence-electron chi connectivity index (χ3n) is 2.96. The first-order valence-corrected chi connectivity index (χ1v) is 6.66. The molecule has 1 aromatic carbocycles. The van der Waals surface area contributed by atoms with Gasteiger partial charge in [0.15, 0.2) is 0 Å². The van der Waals surface area contributed by atoms with Crippen LogP contribution in [0, 0.1) is 0 Å². The standard InChI is InChI=1S/C15H21N3O/c1-12(2)15-17-8-10-18(15)9-3-11-19-14-6-4-13(16)5-7-14/h4-8,10,12H,3,9,11,16H2,1-2H3. The van der Waals surface area contributed by atoms with E-state index in [1.165, 1.54) is 0 Å². The molecule has 0 aliphatic rings. The molecule has 0 aliphatic carbocycles. The molecule has 4 nitrogen and oxygen atoms in total. The minimum atomic E-state index is 0.452. The van der Waals surface area contributed by atoms with Gasteiger partial charge >= 0.3 is 0 Å². The van der Waals surface area contributed by atoms with Crippen molar-refractivity contribution in [2.75, 3.05) is 12.3 Å². The van der Waals surface area contributed by atoms with Gasteiger partial charge in [-0.25, -0.2) is 4.98 Å². The summed E-state index contributed by atoms with van der Waals surface area (Å²) in [6.07, 6.45) is 4.84. The summed E-state index contributed by atoms with van der Waals surface area (Å²) in [6.45, 7) is 5.94. The molecule has 0 saturated heterocycles. The number of benzene rings is 1. The first-order valence-electron chi connectivity index (χ1n) is 6.66. The molecule has 2 N–H and O–H groups in total. The van der Waals surface area contributed by atoms with Crippen LogP contribution in [0.25, 0.3) is 0 Å². The van der Waals surface area contributed by atoms with Gasteiger partial charge in [-0.2, -0.15) is 0 Å². The third kappa shape index (κ3) is 3.74. The molecule has 0 saturated carbocycles. The summed E-state index contributed by atoms with van der Waals surface area (Å²) in [5.74, 6) is 2.45. The molecule has 4 heteroatoms. The van der Waals surface area contributed by atoms with E-state index in [9.17, 15) is 0 Å². The Kier molecular flexibility index (Phi) is 4.44. The first-order chi connectivity index (χ1) is 9.16. The van der Waals surface area contributed by atoms with E-state index in [2.05, 4.69) is 23.4 Å². The molecule has 0 bridgehead atoms. The Morgan fingerprint density at radius 1 is 1.26 bits per heavy atom. The minimum Gasteiger partial charge on any atom is -0.494 e. The van der Waals surface area contributed by atoms with Crippen molar-refractivity contribution in [2.45, 2.75) is 32.7 Å². The smallest absolute Gasteiger partial charge is 0.119 e. The fourth-order valence-electron chi connectivity index (χ4n) is 2.00. The summed E-state index contributed by atoms with van der Waals surface area (Å²) in [7, 11) is 0. The van der Waals surface area contributed by atoms with Crippen LogP contribution in [0.2, 0.25) is 0 Å². The molecule has 0 fully saturated rings. The first kappa shape index (κ1) is 13.5. The average Bonchev–Trinajstić information content (AvgIpc) is 2.85. The zero-order chi connectivity index (χ0) is 13.7. The largest absolute Gasteiger partial charge is 0.494 e. The molecule has 0 unspecified atom stereocenters. The molecule has 0 amide bonds. The Morgan fingerprint density at radius 3 is 2.68 bits per heavy atom. The molecular weight excluding hydrogens is 238 g/mol. The number of aryl methyl sites for hydroxylation is 1. The highest BCUT2D eigenvalue weighted by Crippen LogP contribution is 2.14. The van der Waals surface area contributed by atoms with Gasteiger partial charge in [0.05, 0.1) is 6.61 Å². The molecule has 1 heterocycles. The molecule has 102 valence electrons. The maximum Gasteiger partial charge on any atom is 0.119 e.